The van der Waals surface area contributed by atoms with Gasteiger partial charge in [0.15, 0.2) is 0 Å². The molecule has 5 nitrogen and oxygen atoms in total. The molecule has 0 atom stereocenters. The highest BCUT2D eigenvalue weighted by Crippen LogP contribution is 1.48. The summed E-state index contributed by atoms with van der Waals surface area (Å²) in [6.07, 6.45) is 0. The Bertz CT molecular complexity index is 124. The van der Waals surface area contributed by atoms with Crippen LogP contribution in [-0.2, 0) is 0 Å². The Balaban J connectivity index is 0. The predicted octanol–water partition coefficient (Wildman–Crippen LogP) is -2.00. The van der Waals surface area contributed by atoms with Crippen LogP contribution in [0.4, 0.5) is 4.79 Å². The second-order valence-corrected chi connectivity index (χ2v) is 1.07. The van der Waals surface area contributed by atoms with E-state index >= 15 is 0 Å². The zero-order chi connectivity index (χ0) is 8.41. The largest absolute Gasteiger partial charge is 0.384 e. The minimum absolute atomic E-state index is 0.166. The molecule has 0 aliphatic heterocycles. The summed E-state index contributed by atoms with van der Waals surface area (Å²) < 4.78 is 0. The molecule has 0 rings (SSSR count). The van der Waals surface area contributed by atoms with Gasteiger partial charge in [-0.05, 0) is 0 Å². The van der Waals surface area contributed by atoms with Crippen molar-refractivity contribution in [2.45, 2.75) is 0 Å². The highest BCUT2D eigenvalue weighted by molar-refractivity contribution is 5.69. The average molecular weight is 146 g/mol. The Kier molecular flexibility index (Phi) is 12.3. The Morgan fingerprint density at radius 3 is 1.50 bits per heavy atom. The molecule has 0 heterocycles. The molecule has 0 saturated carbocycles. The molecule has 0 bridgehead atoms. The third kappa shape index (κ3) is 72.9. The molecule has 0 saturated heterocycles. The molecule has 0 fully saturated rings. The Morgan fingerprint density at radius 2 is 1.40 bits per heavy atom. The smallest absolute Gasteiger partial charge is 0.309 e. The van der Waals surface area contributed by atoms with Crippen LogP contribution in [0, 0.1) is 11.8 Å². The molecule has 5 heteroatoms. The summed E-state index contributed by atoms with van der Waals surface area (Å²) in [6.45, 7) is -0.332. The number of carbonyl (C=O) groups is 1. The lowest BCUT2D eigenvalue weighted by Gasteiger charge is -1.66. The first-order chi connectivity index (χ1) is 4.65. The number of aliphatic hydroxyl groups excluding tert-OH is 2. The summed E-state index contributed by atoms with van der Waals surface area (Å²) in [6, 6.07) is -0.833. The van der Waals surface area contributed by atoms with E-state index in [9.17, 15) is 0 Å². The van der Waals surface area contributed by atoms with Crippen LogP contribution in [-0.4, -0.2) is 29.5 Å². The first-order valence-electron chi connectivity index (χ1n) is 2.37. The van der Waals surface area contributed by atoms with Gasteiger partial charge in [-0.15, -0.1) is 0 Å². The van der Waals surface area contributed by atoms with Gasteiger partial charge >= 0.3 is 6.03 Å². The first kappa shape index (κ1) is 11.5. The lowest BCUT2D eigenvalue weighted by molar-refractivity contribution is 0.256. The number of urea groups is 1. The standard InChI is InChI=1S/C4H6O2.CH4N2O/c5-3-1-2-4-6;2-1(3)4/h5-6H,3-4H2;(H4,2,3,4). The van der Waals surface area contributed by atoms with Crippen molar-refractivity contribution in [3.8, 4) is 11.8 Å². The molecule has 0 unspecified atom stereocenters. The summed E-state index contributed by atoms with van der Waals surface area (Å²) in [5, 5.41) is 15.8. The number of hydrogen-bond donors (Lipinski definition) is 4. The summed E-state index contributed by atoms with van der Waals surface area (Å²) in [5.41, 5.74) is 8.50. The van der Waals surface area contributed by atoms with Gasteiger partial charge in [0.05, 0.1) is 0 Å². The molecule has 2 amide bonds. The van der Waals surface area contributed by atoms with Crippen molar-refractivity contribution in [2.24, 2.45) is 11.5 Å². The van der Waals surface area contributed by atoms with Crippen LogP contribution in [0.3, 0.4) is 0 Å². The fraction of sp³-hybridized carbons (Fsp3) is 0.400. The van der Waals surface area contributed by atoms with Gasteiger partial charge in [-0.1, -0.05) is 11.8 Å². The van der Waals surface area contributed by atoms with E-state index in [4.69, 9.17) is 15.0 Å². The zero-order valence-corrected chi connectivity index (χ0v) is 5.37. The first-order valence-corrected chi connectivity index (χ1v) is 2.37. The predicted molar refractivity (Wildman–Crippen MR) is 35.7 cm³/mol. The fourth-order valence-electron chi connectivity index (χ4n) is 0.112. The Labute approximate surface area is 58.6 Å². The van der Waals surface area contributed by atoms with E-state index < -0.39 is 6.03 Å². The number of rotatable bonds is 0. The molecule has 0 aromatic carbocycles. The lowest BCUT2D eigenvalue weighted by Crippen LogP contribution is -2.18. The molecule has 0 spiro atoms. The van der Waals surface area contributed by atoms with Gasteiger partial charge in [0, 0.05) is 0 Å². The van der Waals surface area contributed by atoms with Gasteiger partial charge < -0.3 is 21.7 Å². The van der Waals surface area contributed by atoms with Crippen LogP contribution in [0.1, 0.15) is 0 Å². The van der Waals surface area contributed by atoms with Crippen LogP contribution >= 0.6 is 0 Å². The van der Waals surface area contributed by atoms with E-state index in [0.717, 1.165) is 0 Å². The van der Waals surface area contributed by atoms with Crippen molar-refractivity contribution >= 4 is 6.03 Å². The van der Waals surface area contributed by atoms with E-state index in [1.165, 1.54) is 0 Å². The topological polar surface area (TPSA) is 110 Å². The van der Waals surface area contributed by atoms with Crippen LogP contribution in [0.25, 0.3) is 0 Å². The second-order valence-electron chi connectivity index (χ2n) is 1.07. The molecule has 6 N–H and O–H groups in total. The summed E-state index contributed by atoms with van der Waals surface area (Å²) in [7, 11) is 0. The van der Waals surface area contributed by atoms with Crippen molar-refractivity contribution in [3.05, 3.63) is 0 Å². The van der Waals surface area contributed by atoms with Gasteiger partial charge in [-0.3, -0.25) is 0 Å². The molecule has 0 radical (unpaired) electrons. The van der Waals surface area contributed by atoms with Gasteiger partial charge in [0.1, 0.15) is 13.2 Å². The normalized spacial score (nSPS) is 6.20. The monoisotopic (exact) mass is 146 g/mol. The quantitative estimate of drug-likeness (QED) is 0.296. The number of amides is 2. The second kappa shape index (κ2) is 10.7. The molecular weight excluding hydrogens is 136 g/mol. The van der Waals surface area contributed by atoms with E-state index in [1.807, 2.05) is 0 Å². The Morgan fingerprint density at radius 1 is 1.20 bits per heavy atom. The minimum Gasteiger partial charge on any atom is -0.384 e. The van der Waals surface area contributed by atoms with Crippen molar-refractivity contribution in [1.29, 1.82) is 0 Å². The van der Waals surface area contributed by atoms with E-state index in [1.54, 1.807) is 0 Å². The highest BCUT2D eigenvalue weighted by atomic mass is 16.3. The molecule has 0 aliphatic rings. The third-order valence-electron chi connectivity index (χ3n) is 0.283. The summed E-state index contributed by atoms with van der Waals surface area (Å²) in [4.78, 5) is 9.00. The van der Waals surface area contributed by atoms with Gasteiger partial charge in [-0.25, -0.2) is 4.79 Å². The average Bonchev–Trinajstić information content (AvgIpc) is 1.82. The summed E-state index contributed by atoms with van der Waals surface area (Å²) >= 11 is 0. The van der Waals surface area contributed by atoms with Gasteiger partial charge in [-0.2, -0.15) is 0 Å². The van der Waals surface area contributed by atoms with Crippen LogP contribution in [0.2, 0.25) is 0 Å². The fourth-order valence-corrected chi connectivity index (χ4v) is 0.112. The molecule has 0 aliphatic carbocycles. The number of nitrogens with two attached hydrogens (primary N) is 2. The molecule has 58 valence electrons. The Hall–Kier alpha value is -1.25. The molecular formula is C5H10N2O3. The number of primary amides is 2. The zero-order valence-electron chi connectivity index (χ0n) is 5.37. The van der Waals surface area contributed by atoms with Crippen LogP contribution in [0.15, 0.2) is 0 Å². The van der Waals surface area contributed by atoms with Gasteiger partial charge in [0.2, 0.25) is 0 Å². The molecule has 10 heavy (non-hydrogen) atoms. The number of hydrogen-bond acceptors (Lipinski definition) is 3. The van der Waals surface area contributed by atoms with Crippen molar-refractivity contribution < 1.29 is 15.0 Å². The summed E-state index contributed by atoms with van der Waals surface area (Å²) in [5.74, 6) is 4.51. The maximum atomic E-state index is 9.00. The highest BCUT2D eigenvalue weighted by Gasteiger charge is 1.60. The van der Waals surface area contributed by atoms with Crippen molar-refractivity contribution in [1.82, 2.24) is 0 Å². The maximum absolute atomic E-state index is 9.00. The van der Waals surface area contributed by atoms with E-state index in [-0.39, 0.29) is 13.2 Å². The van der Waals surface area contributed by atoms with Crippen LogP contribution in [0.5, 0.6) is 0 Å². The maximum Gasteiger partial charge on any atom is 0.309 e. The van der Waals surface area contributed by atoms with Crippen molar-refractivity contribution in [2.75, 3.05) is 13.2 Å². The van der Waals surface area contributed by atoms with Gasteiger partial charge in [0.25, 0.3) is 0 Å². The molecule has 0 aromatic rings. The van der Waals surface area contributed by atoms with E-state index in [0.29, 0.717) is 0 Å². The number of aliphatic hydroxyl groups is 2. The SMILES string of the molecule is NC(N)=O.OCC#CCO. The van der Waals surface area contributed by atoms with Crippen molar-refractivity contribution in [3.63, 3.8) is 0 Å². The lowest BCUT2D eigenvalue weighted by atomic mass is 10.6. The van der Waals surface area contributed by atoms with Crippen LogP contribution < -0.4 is 11.5 Å². The number of carbonyl (C=O) groups excluding carboxylic acids is 1. The third-order valence-corrected chi connectivity index (χ3v) is 0.283. The van der Waals surface area contributed by atoms with E-state index in [2.05, 4.69) is 23.3 Å². The molecule has 0 aromatic heterocycles. The minimum atomic E-state index is -0.833.